The van der Waals surface area contributed by atoms with E-state index < -0.39 is 11.7 Å². The highest BCUT2D eigenvalue weighted by atomic mass is 35.5. The molecule has 2 rings (SSSR count). The van der Waals surface area contributed by atoms with Crippen LogP contribution in [0.25, 0.3) is 11.3 Å². The van der Waals surface area contributed by atoms with Crippen LogP contribution in [0.3, 0.4) is 0 Å². The Bertz CT molecular complexity index is 566. The molecule has 0 N–H and O–H groups in total. The number of thioether (sulfide) groups is 1. The molecule has 0 aliphatic rings. The zero-order chi connectivity index (χ0) is 13.3. The normalized spacial score (nSPS) is 11.8. The van der Waals surface area contributed by atoms with Crippen LogP contribution in [0.4, 0.5) is 13.2 Å². The van der Waals surface area contributed by atoms with Crippen molar-refractivity contribution in [2.75, 3.05) is 6.26 Å². The molecule has 2 aromatic rings. The van der Waals surface area contributed by atoms with Crippen molar-refractivity contribution in [1.82, 2.24) is 4.98 Å². The molecular weight excluding hydrogens is 303 g/mol. The van der Waals surface area contributed by atoms with Crippen molar-refractivity contribution in [3.05, 3.63) is 34.2 Å². The molecule has 0 amide bonds. The van der Waals surface area contributed by atoms with E-state index in [0.717, 1.165) is 10.4 Å². The average Bonchev–Trinajstić information content (AvgIpc) is 2.75. The number of hydrogen-bond donors (Lipinski definition) is 0. The minimum absolute atomic E-state index is 0.307. The van der Waals surface area contributed by atoms with E-state index in [1.165, 1.54) is 35.2 Å². The Morgan fingerprint density at radius 1 is 1.33 bits per heavy atom. The minimum Gasteiger partial charge on any atom is -0.230 e. The van der Waals surface area contributed by atoms with Gasteiger partial charge >= 0.3 is 6.18 Å². The molecule has 0 fully saturated rings. The second-order valence-electron chi connectivity index (χ2n) is 3.40. The Labute approximate surface area is 115 Å². The standard InChI is InChI=1S/C11H7ClF3NS2/c1-17-10-16-9(5-18-10)6-2-3-7(8(12)4-6)11(13,14)15/h2-5H,1H3. The van der Waals surface area contributed by atoms with Crippen LogP contribution in [0.2, 0.25) is 5.02 Å². The third-order valence-corrected chi connectivity index (χ3v) is 4.40. The monoisotopic (exact) mass is 309 g/mol. The van der Waals surface area contributed by atoms with Crippen LogP contribution in [0.1, 0.15) is 5.56 Å². The number of hydrogen-bond acceptors (Lipinski definition) is 3. The van der Waals surface area contributed by atoms with Gasteiger partial charge in [-0.05, 0) is 18.4 Å². The fourth-order valence-electron chi connectivity index (χ4n) is 1.39. The van der Waals surface area contributed by atoms with E-state index in [4.69, 9.17) is 11.6 Å². The lowest BCUT2D eigenvalue weighted by molar-refractivity contribution is -0.137. The zero-order valence-electron chi connectivity index (χ0n) is 9.08. The molecular formula is C11H7ClF3NS2. The maximum absolute atomic E-state index is 12.5. The molecule has 1 aromatic carbocycles. The van der Waals surface area contributed by atoms with Gasteiger partial charge in [0.05, 0.1) is 16.3 Å². The van der Waals surface area contributed by atoms with Crippen LogP contribution in [0.5, 0.6) is 0 Å². The Kier molecular flexibility index (Phi) is 3.89. The molecule has 0 radical (unpaired) electrons. The second-order valence-corrected chi connectivity index (χ2v) is 5.71. The van der Waals surface area contributed by atoms with Crippen molar-refractivity contribution in [3.8, 4) is 11.3 Å². The quantitative estimate of drug-likeness (QED) is 0.707. The molecule has 7 heteroatoms. The lowest BCUT2D eigenvalue weighted by Gasteiger charge is -2.09. The Hall–Kier alpha value is -0.720. The summed E-state index contributed by atoms with van der Waals surface area (Å²) in [6.07, 6.45) is -2.54. The van der Waals surface area contributed by atoms with E-state index in [2.05, 4.69) is 4.98 Å². The number of aromatic nitrogens is 1. The molecule has 0 bridgehead atoms. The van der Waals surface area contributed by atoms with Gasteiger partial charge in [-0.15, -0.1) is 11.3 Å². The van der Waals surface area contributed by atoms with Crippen molar-refractivity contribution in [1.29, 1.82) is 0 Å². The van der Waals surface area contributed by atoms with E-state index in [0.29, 0.717) is 11.3 Å². The van der Waals surface area contributed by atoms with Crippen molar-refractivity contribution in [2.45, 2.75) is 10.5 Å². The predicted octanol–water partition coefficient (Wildman–Crippen LogP) is 5.20. The summed E-state index contributed by atoms with van der Waals surface area (Å²) >= 11 is 8.59. The highest BCUT2D eigenvalue weighted by Crippen LogP contribution is 2.37. The Morgan fingerprint density at radius 2 is 2.06 bits per heavy atom. The van der Waals surface area contributed by atoms with Crippen LogP contribution < -0.4 is 0 Å². The van der Waals surface area contributed by atoms with Crippen molar-refractivity contribution in [3.63, 3.8) is 0 Å². The van der Waals surface area contributed by atoms with Gasteiger partial charge in [-0.3, -0.25) is 0 Å². The topological polar surface area (TPSA) is 12.9 Å². The molecule has 18 heavy (non-hydrogen) atoms. The Balaban J connectivity index is 2.40. The van der Waals surface area contributed by atoms with E-state index in [1.54, 1.807) is 5.38 Å². The molecule has 96 valence electrons. The average molecular weight is 310 g/mol. The molecule has 1 nitrogen and oxygen atoms in total. The van der Waals surface area contributed by atoms with Crippen LogP contribution in [0.15, 0.2) is 27.9 Å². The van der Waals surface area contributed by atoms with Crippen LogP contribution in [-0.2, 0) is 6.18 Å². The highest BCUT2D eigenvalue weighted by Gasteiger charge is 2.33. The van der Waals surface area contributed by atoms with Crippen LogP contribution in [0, 0.1) is 0 Å². The molecule has 0 unspecified atom stereocenters. The van der Waals surface area contributed by atoms with Gasteiger partial charge < -0.3 is 0 Å². The van der Waals surface area contributed by atoms with Gasteiger partial charge in [0, 0.05) is 10.9 Å². The van der Waals surface area contributed by atoms with E-state index in [9.17, 15) is 13.2 Å². The number of alkyl halides is 3. The van der Waals surface area contributed by atoms with Gasteiger partial charge in [0.25, 0.3) is 0 Å². The van der Waals surface area contributed by atoms with Crippen LogP contribution >= 0.6 is 34.7 Å². The Morgan fingerprint density at radius 3 is 2.56 bits per heavy atom. The SMILES string of the molecule is CSc1nc(-c2ccc(C(F)(F)F)c(Cl)c2)cs1. The lowest BCUT2D eigenvalue weighted by Crippen LogP contribution is -2.05. The van der Waals surface area contributed by atoms with Gasteiger partial charge in [0.2, 0.25) is 0 Å². The van der Waals surface area contributed by atoms with Crippen molar-refractivity contribution in [2.24, 2.45) is 0 Å². The third-order valence-electron chi connectivity index (χ3n) is 2.23. The number of benzene rings is 1. The van der Waals surface area contributed by atoms with Gasteiger partial charge in [0.1, 0.15) is 4.34 Å². The van der Waals surface area contributed by atoms with Gasteiger partial charge in [-0.1, -0.05) is 29.4 Å². The molecule has 1 aromatic heterocycles. The molecule has 0 saturated carbocycles. The second kappa shape index (κ2) is 5.11. The zero-order valence-corrected chi connectivity index (χ0v) is 11.5. The highest BCUT2D eigenvalue weighted by molar-refractivity contribution is 8.00. The first-order valence-electron chi connectivity index (χ1n) is 4.78. The summed E-state index contributed by atoms with van der Waals surface area (Å²) in [4.78, 5) is 4.27. The first-order valence-corrected chi connectivity index (χ1v) is 7.26. The third kappa shape index (κ3) is 2.81. The number of rotatable bonds is 2. The van der Waals surface area contributed by atoms with Crippen LogP contribution in [-0.4, -0.2) is 11.2 Å². The molecule has 0 saturated heterocycles. The summed E-state index contributed by atoms with van der Waals surface area (Å²) in [5, 5.41) is 1.49. The van der Waals surface area contributed by atoms with Gasteiger partial charge in [0.15, 0.2) is 0 Å². The summed E-state index contributed by atoms with van der Waals surface area (Å²) in [5.74, 6) is 0. The lowest BCUT2D eigenvalue weighted by atomic mass is 10.1. The summed E-state index contributed by atoms with van der Waals surface area (Å²) in [5.41, 5.74) is 0.401. The smallest absolute Gasteiger partial charge is 0.230 e. The maximum atomic E-state index is 12.5. The molecule has 0 aliphatic carbocycles. The molecule has 0 atom stereocenters. The first kappa shape index (κ1) is 13.7. The summed E-state index contributed by atoms with van der Waals surface area (Å²) in [6, 6.07) is 3.66. The number of nitrogens with zero attached hydrogens (tertiary/aromatic N) is 1. The number of thiazole rings is 1. The summed E-state index contributed by atoms with van der Waals surface area (Å²) in [7, 11) is 0. The van der Waals surface area contributed by atoms with Crippen molar-refractivity contribution >= 4 is 34.7 Å². The van der Waals surface area contributed by atoms with E-state index >= 15 is 0 Å². The molecule has 0 aliphatic heterocycles. The fraction of sp³-hybridized carbons (Fsp3) is 0.182. The first-order chi connectivity index (χ1) is 8.41. The summed E-state index contributed by atoms with van der Waals surface area (Å²) in [6.45, 7) is 0. The fourth-order valence-corrected chi connectivity index (χ4v) is 2.95. The molecule has 1 heterocycles. The largest absolute Gasteiger partial charge is 0.417 e. The predicted molar refractivity (Wildman–Crippen MR) is 69.3 cm³/mol. The number of halogens is 4. The summed E-state index contributed by atoms with van der Waals surface area (Å²) < 4.78 is 38.5. The minimum atomic E-state index is -4.43. The van der Waals surface area contributed by atoms with E-state index in [-0.39, 0.29) is 5.02 Å². The van der Waals surface area contributed by atoms with Gasteiger partial charge in [-0.2, -0.15) is 13.2 Å². The van der Waals surface area contributed by atoms with E-state index in [1.807, 2.05) is 6.26 Å². The van der Waals surface area contributed by atoms with Crippen molar-refractivity contribution < 1.29 is 13.2 Å². The maximum Gasteiger partial charge on any atom is 0.417 e. The molecule has 0 spiro atoms. The van der Waals surface area contributed by atoms with Gasteiger partial charge in [-0.25, -0.2) is 4.98 Å².